The van der Waals surface area contributed by atoms with Crippen LogP contribution in [0.2, 0.25) is 5.02 Å². The molecule has 4 rings (SSSR count). The van der Waals surface area contributed by atoms with Gasteiger partial charge in [-0.1, -0.05) is 18.0 Å². The summed E-state index contributed by atoms with van der Waals surface area (Å²) in [6.07, 6.45) is 4.56. The van der Waals surface area contributed by atoms with Crippen LogP contribution >= 0.6 is 11.6 Å². The van der Waals surface area contributed by atoms with Gasteiger partial charge in [0.1, 0.15) is 22.9 Å². The summed E-state index contributed by atoms with van der Waals surface area (Å²) >= 11 is 6.04. The van der Waals surface area contributed by atoms with Crippen molar-refractivity contribution < 1.29 is 19.1 Å². The molecule has 0 atom stereocenters. The SMILES string of the molecule is COc1ccc(C2=NC3(CCCCC3)N(CC(=O)c3ccc(Cl)cc3OC)C2=O)cc1. The number of ketones is 1. The van der Waals surface area contributed by atoms with Crippen molar-refractivity contribution in [2.45, 2.75) is 37.8 Å². The van der Waals surface area contributed by atoms with Crippen molar-refractivity contribution in [1.82, 2.24) is 4.90 Å². The number of rotatable bonds is 6. The predicted octanol–water partition coefficient (Wildman–Crippen LogP) is 4.53. The van der Waals surface area contributed by atoms with Crippen molar-refractivity contribution in [1.29, 1.82) is 0 Å². The van der Waals surface area contributed by atoms with Crippen molar-refractivity contribution >= 4 is 29.0 Å². The molecule has 1 saturated carbocycles. The Morgan fingerprint density at radius 1 is 1.06 bits per heavy atom. The molecule has 0 radical (unpaired) electrons. The number of Topliss-reactive ketones (excluding diaryl/α,β-unsaturated/α-hetero) is 1. The molecule has 1 heterocycles. The van der Waals surface area contributed by atoms with Crippen LogP contribution in [0.5, 0.6) is 11.5 Å². The zero-order valence-corrected chi connectivity index (χ0v) is 18.4. The lowest BCUT2D eigenvalue weighted by molar-refractivity contribution is -0.128. The molecule has 2 aromatic carbocycles. The lowest BCUT2D eigenvalue weighted by atomic mass is 9.88. The Morgan fingerprint density at radius 3 is 2.42 bits per heavy atom. The van der Waals surface area contributed by atoms with E-state index >= 15 is 0 Å². The summed E-state index contributed by atoms with van der Waals surface area (Å²) < 4.78 is 10.6. The summed E-state index contributed by atoms with van der Waals surface area (Å²) in [6, 6.07) is 12.2. The smallest absolute Gasteiger partial charge is 0.275 e. The molecule has 0 bridgehead atoms. The number of hydrogen-bond donors (Lipinski definition) is 0. The lowest BCUT2D eigenvalue weighted by Crippen LogP contribution is -2.50. The Kier molecular flexibility index (Phi) is 6.01. The van der Waals surface area contributed by atoms with Crippen molar-refractivity contribution in [3.63, 3.8) is 0 Å². The second-order valence-corrected chi connectivity index (χ2v) is 8.33. The number of aliphatic imine (C=N–C) groups is 1. The van der Waals surface area contributed by atoms with Crippen molar-refractivity contribution in [2.75, 3.05) is 20.8 Å². The van der Waals surface area contributed by atoms with Crippen molar-refractivity contribution in [3.05, 3.63) is 58.6 Å². The van der Waals surface area contributed by atoms with E-state index in [1.165, 1.54) is 7.11 Å². The summed E-state index contributed by atoms with van der Waals surface area (Å²) in [5.74, 6) is 0.702. The molecule has 0 N–H and O–H groups in total. The van der Waals surface area contributed by atoms with Gasteiger partial charge in [0, 0.05) is 10.6 Å². The van der Waals surface area contributed by atoms with Crippen LogP contribution in [0.15, 0.2) is 47.5 Å². The van der Waals surface area contributed by atoms with Crippen LogP contribution in [-0.4, -0.2) is 48.7 Å². The number of carbonyl (C=O) groups is 2. The van der Waals surface area contributed by atoms with E-state index in [1.54, 1.807) is 30.2 Å². The average Bonchev–Trinajstić information content (AvgIpc) is 3.05. The van der Waals surface area contributed by atoms with Crippen LogP contribution in [0, 0.1) is 0 Å². The van der Waals surface area contributed by atoms with E-state index < -0.39 is 5.66 Å². The summed E-state index contributed by atoms with van der Waals surface area (Å²) in [5, 5.41) is 0.486. The Labute approximate surface area is 186 Å². The molecule has 0 saturated heterocycles. The van der Waals surface area contributed by atoms with Crippen LogP contribution in [0.1, 0.15) is 48.0 Å². The highest BCUT2D eigenvalue weighted by Gasteiger charge is 2.48. The van der Waals surface area contributed by atoms with Gasteiger partial charge in [0.2, 0.25) is 0 Å². The third kappa shape index (κ3) is 4.04. The van der Waals surface area contributed by atoms with E-state index in [1.807, 2.05) is 24.3 Å². The van der Waals surface area contributed by atoms with Crippen molar-refractivity contribution in [3.8, 4) is 11.5 Å². The average molecular weight is 441 g/mol. The molecule has 0 aromatic heterocycles. The second kappa shape index (κ2) is 8.71. The molecule has 162 valence electrons. The summed E-state index contributed by atoms with van der Waals surface area (Å²) in [5.41, 5.74) is 0.874. The summed E-state index contributed by atoms with van der Waals surface area (Å²) in [6.45, 7) is -0.0556. The monoisotopic (exact) mass is 440 g/mol. The molecule has 7 heteroatoms. The molecule has 1 aliphatic carbocycles. The molecule has 31 heavy (non-hydrogen) atoms. The first-order valence-corrected chi connectivity index (χ1v) is 10.8. The van der Waals surface area contributed by atoms with Crippen LogP contribution in [0.3, 0.4) is 0 Å². The number of carbonyl (C=O) groups excluding carboxylic acids is 2. The van der Waals surface area contributed by atoms with Crippen LogP contribution in [0.25, 0.3) is 0 Å². The van der Waals surface area contributed by atoms with Gasteiger partial charge < -0.3 is 14.4 Å². The minimum atomic E-state index is -0.667. The van der Waals surface area contributed by atoms with Crippen LogP contribution < -0.4 is 9.47 Å². The van der Waals surface area contributed by atoms with Gasteiger partial charge in [-0.25, -0.2) is 0 Å². The van der Waals surface area contributed by atoms with Gasteiger partial charge in [-0.15, -0.1) is 0 Å². The molecule has 1 fully saturated rings. The van der Waals surface area contributed by atoms with Crippen LogP contribution in [0.4, 0.5) is 0 Å². The van der Waals surface area contributed by atoms with Gasteiger partial charge in [0.05, 0.1) is 26.3 Å². The molecule has 2 aromatic rings. The minimum absolute atomic E-state index is 0.0556. The Balaban J connectivity index is 1.66. The summed E-state index contributed by atoms with van der Waals surface area (Å²) in [7, 11) is 3.10. The standard InChI is InChI=1S/C24H25ClN2O4/c1-30-18-9-6-16(7-10-18)22-23(29)27(24(26-22)12-4-3-5-13-24)15-20(28)19-11-8-17(25)14-21(19)31-2/h6-11,14H,3-5,12-13,15H2,1-2H3. The molecule has 2 aliphatic rings. The maximum absolute atomic E-state index is 13.5. The van der Waals surface area contributed by atoms with E-state index in [-0.39, 0.29) is 18.2 Å². The number of halogens is 1. The lowest BCUT2D eigenvalue weighted by Gasteiger charge is -2.38. The van der Waals surface area contributed by atoms with E-state index in [2.05, 4.69) is 0 Å². The van der Waals surface area contributed by atoms with Gasteiger partial charge in [0.25, 0.3) is 5.91 Å². The first-order valence-electron chi connectivity index (χ1n) is 10.4. The maximum atomic E-state index is 13.5. The second-order valence-electron chi connectivity index (χ2n) is 7.89. The Hall–Kier alpha value is -2.86. The first-order chi connectivity index (χ1) is 15.0. The van der Waals surface area contributed by atoms with Gasteiger partial charge >= 0.3 is 0 Å². The summed E-state index contributed by atoms with van der Waals surface area (Å²) in [4.78, 5) is 33.2. The third-order valence-electron chi connectivity index (χ3n) is 6.05. The molecular weight excluding hydrogens is 416 g/mol. The fraction of sp³-hybridized carbons (Fsp3) is 0.375. The molecule has 1 aliphatic heterocycles. The van der Waals surface area contributed by atoms with Crippen LogP contribution in [-0.2, 0) is 4.79 Å². The fourth-order valence-corrected chi connectivity index (χ4v) is 4.58. The first kappa shape index (κ1) is 21.4. The third-order valence-corrected chi connectivity index (χ3v) is 6.29. The molecule has 1 spiro atoms. The van der Waals surface area contributed by atoms with Crippen molar-refractivity contribution in [2.24, 2.45) is 4.99 Å². The zero-order chi connectivity index (χ0) is 22.0. The minimum Gasteiger partial charge on any atom is -0.497 e. The quantitative estimate of drug-likeness (QED) is 0.619. The molecule has 6 nitrogen and oxygen atoms in total. The maximum Gasteiger partial charge on any atom is 0.275 e. The van der Waals surface area contributed by atoms with E-state index in [0.29, 0.717) is 27.8 Å². The highest BCUT2D eigenvalue weighted by Crippen LogP contribution is 2.40. The normalized spacial score (nSPS) is 17.6. The zero-order valence-electron chi connectivity index (χ0n) is 17.7. The highest BCUT2D eigenvalue weighted by atomic mass is 35.5. The largest absolute Gasteiger partial charge is 0.497 e. The Morgan fingerprint density at radius 2 is 1.77 bits per heavy atom. The molecular formula is C24H25ClN2O4. The predicted molar refractivity (Wildman–Crippen MR) is 119 cm³/mol. The number of methoxy groups -OCH3 is 2. The number of amides is 1. The van der Waals surface area contributed by atoms with Gasteiger partial charge in [-0.2, -0.15) is 0 Å². The van der Waals surface area contributed by atoms with Gasteiger partial charge in [-0.3, -0.25) is 14.6 Å². The van der Waals surface area contributed by atoms with E-state index in [9.17, 15) is 9.59 Å². The fourth-order valence-electron chi connectivity index (χ4n) is 4.41. The Bertz CT molecular complexity index is 1030. The van der Waals surface area contributed by atoms with Gasteiger partial charge in [-0.05, 0) is 68.1 Å². The number of benzene rings is 2. The molecule has 1 amide bonds. The number of hydrogen-bond acceptors (Lipinski definition) is 5. The number of ether oxygens (including phenoxy) is 2. The van der Waals surface area contributed by atoms with Gasteiger partial charge in [0.15, 0.2) is 5.78 Å². The van der Waals surface area contributed by atoms with E-state index in [0.717, 1.165) is 37.7 Å². The van der Waals surface area contributed by atoms with E-state index in [4.69, 9.17) is 26.1 Å². The molecule has 0 unspecified atom stereocenters. The topological polar surface area (TPSA) is 68.2 Å². The highest BCUT2D eigenvalue weighted by molar-refractivity contribution is 6.47. The number of nitrogens with zero attached hydrogens (tertiary/aromatic N) is 2.